The van der Waals surface area contributed by atoms with Crippen LogP contribution in [-0.4, -0.2) is 44.9 Å². The van der Waals surface area contributed by atoms with Gasteiger partial charge in [0.15, 0.2) is 11.0 Å². The van der Waals surface area contributed by atoms with E-state index in [2.05, 4.69) is 27.4 Å². The lowest BCUT2D eigenvalue weighted by molar-refractivity contribution is -0.113. The first-order valence-corrected chi connectivity index (χ1v) is 12.5. The quantitative estimate of drug-likeness (QED) is 0.216. The van der Waals surface area contributed by atoms with Crippen molar-refractivity contribution in [3.63, 3.8) is 0 Å². The molecule has 0 saturated heterocycles. The molecule has 2 N–H and O–H groups in total. The highest BCUT2D eigenvalue weighted by Gasteiger charge is 2.16. The fourth-order valence-electron chi connectivity index (χ4n) is 3.28. The van der Waals surface area contributed by atoms with Gasteiger partial charge in [0.25, 0.3) is 5.91 Å². The third-order valence-corrected chi connectivity index (χ3v) is 6.02. The second-order valence-electron chi connectivity index (χ2n) is 7.85. The normalized spacial score (nSPS) is 10.5. The van der Waals surface area contributed by atoms with Crippen LogP contribution >= 0.6 is 11.8 Å². The SMILES string of the molecule is C=CCn1c(CNC(=O)c2ccccc2C)nnc1SCC(=O)Nc1cccc(C(=O)OCCC)c1. The molecule has 2 aromatic carbocycles. The Labute approximate surface area is 214 Å². The molecule has 0 spiro atoms. The van der Waals surface area contributed by atoms with Crippen molar-refractivity contribution in [1.82, 2.24) is 20.1 Å². The number of carbonyl (C=O) groups excluding carboxylic acids is 3. The van der Waals surface area contributed by atoms with E-state index in [-0.39, 0.29) is 24.1 Å². The maximum absolute atomic E-state index is 12.5. The van der Waals surface area contributed by atoms with Crippen molar-refractivity contribution >= 4 is 35.2 Å². The van der Waals surface area contributed by atoms with E-state index in [9.17, 15) is 14.4 Å². The molecule has 0 aliphatic carbocycles. The van der Waals surface area contributed by atoms with Gasteiger partial charge in [0, 0.05) is 17.8 Å². The zero-order valence-electron chi connectivity index (χ0n) is 20.3. The third-order valence-electron chi connectivity index (χ3n) is 5.05. The van der Waals surface area contributed by atoms with Crippen LogP contribution in [0.4, 0.5) is 5.69 Å². The van der Waals surface area contributed by atoms with Crippen LogP contribution < -0.4 is 10.6 Å². The fraction of sp³-hybridized carbons (Fsp3) is 0.269. The number of hydrogen-bond donors (Lipinski definition) is 2. The molecule has 2 amide bonds. The number of allylic oxidation sites excluding steroid dienone is 1. The molecule has 10 heteroatoms. The maximum atomic E-state index is 12.5. The van der Waals surface area contributed by atoms with Gasteiger partial charge in [-0.3, -0.25) is 9.59 Å². The number of ether oxygens (including phenoxy) is 1. The van der Waals surface area contributed by atoms with E-state index in [1.165, 1.54) is 11.8 Å². The number of anilines is 1. The van der Waals surface area contributed by atoms with E-state index >= 15 is 0 Å². The molecule has 0 aliphatic rings. The molecule has 0 atom stereocenters. The van der Waals surface area contributed by atoms with Crippen molar-refractivity contribution in [1.29, 1.82) is 0 Å². The molecule has 0 fully saturated rings. The van der Waals surface area contributed by atoms with E-state index in [4.69, 9.17) is 4.74 Å². The first kappa shape index (κ1) is 26.7. The molecule has 0 saturated carbocycles. The minimum absolute atomic E-state index is 0.0787. The van der Waals surface area contributed by atoms with E-state index in [1.54, 1.807) is 41.0 Å². The van der Waals surface area contributed by atoms with Gasteiger partial charge in [0.05, 0.1) is 24.5 Å². The highest BCUT2D eigenvalue weighted by molar-refractivity contribution is 7.99. The van der Waals surface area contributed by atoms with Crippen LogP contribution in [0.2, 0.25) is 0 Å². The van der Waals surface area contributed by atoms with Gasteiger partial charge in [0.2, 0.25) is 5.91 Å². The number of carbonyl (C=O) groups is 3. The molecular formula is C26H29N5O4S. The van der Waals surface area contributed by atoms with Gasteiger partial charge in [-0.05, 0) is 43.2 Å². The maximum Gasteiger partial charge on any atom is 0.338 e. The zero-order chi connectivity index (χ0) is 25.9. The largest absolute Gasteiger partial charge is 0.462 e. The van der Waals surface area contributed by atoms with Crippen molar-refractivity contribution in [3.8, 4) is 0 Å². The molecule has 3 rings (SSSR count). The number of aromatic nitrogens is 3. The smallest absolute Gasteiger partial charge is 0.338 e. The minimum Gasteiger partial charge on any atom is -0.462 e. The molecule has 0 aliphatic heterocycles. The van der Waals surface area contributed by atoms with E-state index in [1.807, 2.05) is 32.0 Å². The summed E-state index contributed by atoms with van der Waals surface area (Å²) in [6, 6.07) is 13.9. The number of esters is 1. The Bertz CT molecular complexity index is 1240. The number of amides is 2. The Morgan fingerprint density at radius 1 is 1.14 bits per heavy atom. The van der Waals surface area contributed by atoms with E-state index < -0.39 is 5.97 Å². The minimum atomic E-state index is -0.429. The van der Waals surface area contributed by atoms with Crippen molar-refractivity contribution in [3.05, 3.63) is 83.7 Å². The molecule has 0 radical (unpaired) electrons. The summed E-state index contributed by atoms with van der Waals surface area (Å²) in [5.41, 5.74) is 2.35. The van der Waals surface area contributed by atoms with E-state index in [0.29, 0.717) is 40.9 Å². The summed E-state index contributed by atoms with van der Waals surface area (Å²) >= 11 is 1.22. The summed E-state index contributed by atoms with van der Waals surface area (Å²) in [6.45, 7) is 8.52. The Kier molecular flexibility index (Phi) is 9.82. The molecule has 3 aromatic rings. The summed E-state index contributed by atoms with van der Waals surface area (Å²) in [4.78, 5) is 37.1. The van der Waals surface area contributed by atoms with Crippen LogP contribution in [0.15, 0.2) is 66.3 Å². The lowest BCUT2D eigenvalue weighted by Gasteiger charge is -2.10. The van der Waals surface area contributed by atoms with Gasteiger partial charge in [0.1, 0.15) is 0 Å². The highest BCUT2D eigenvalue weighted by Crippen LogP contribution is 2.19. The standard InChI is InChI=1S/C26H29N5O4S/c1-4-13-31-22(16-27-24(33)21-12-7-6-9-18(21)3)29-30-26(31)36-17-23(32)28-20-11-8-10-19(15-20)25(34)35-14-5-2/h4,6-12,15H,1,5,13-14,16-17H2,2-3H3,(H,27,33)(H,28,32). The molecular weight excluding hydrogens is 478 g/mol. The molecule has 188 valence electrons. The van der Waals surface area contributed by atoms with Gasteiger partial charge < -0.3 is 19.9 Å². The number of benzene rings is 2. The van der Waals surface area contributed by atoms with Gasteiger partial charge in [-0.2, -0.15) is 0 Å². The van der Waals surface area contributed by atoms with Gasteiger partial charge in [-0.15, -0.1) is 16.8 Å². The first-order valence-electron chi connectivity index (χ1n) is 11.5. The average molecular weight is 508 g/mol. The number of thioether (sulfide) groups is 1. The molecule has 1 aromatic heterocycles. The van der Waals surface area contributed by atoms with Crippen LogP contribution in [0.25, 0.3) is 0 Å². The average Bonchev–Trinajstić information content (AvgIpc) is 3.26. The third kappa shape index (κ3) is 7.29. The van der Waals surface area contributed by atoms with Crippen LogP contribution in [0.5, 0.6) is 0 Å². The van der Waals surface area contributed by atoms with Crippen LogP contribution in [0.1, 0.15) is 45.4 Å². The number of nitrogens with zero attached hydrogens (tertiary/aromatic N) is 3. The zero-order valence-corrected chi connectivity index (χ0v) is 21.1. The molecule has 0 bridgehead atoms. The van der Waals surface area contributed by atoms with Crippen molar-refractivity contribution in [2.45, 2.75) is 38.5 Å². The Balaban J connectivity index is 1.59. The number of nitrogens with one attached hydrogen (secondary N) is 2. The van der Waals surface area contributed by atoms with Gasteiger partial charge in [-0.25, -0.2) is 4.79 Å². The van der Waals surface area contributed by atoms with Gasteiger partial charge in [-0.1, -0.05) is 49.0 Å². The van der Waals surface area contributed by atoms with E-state index in [0.717, 1.165) is 12.0 Å². The molecule has 0 unspecified atom stereocenters. The highest BCUT2D eigenvalue weighted by atomic mass is 32.2. The number of aryl methyl sites for hydroxylation is 1. The Hall–Kier alpha value is -3.92. The van der Waals surface area contributed by atoms with Gasteiger partial charge >= 0.3 is 5.97 Å². The summed E-state index contributed by atoms with van der Waals surface area (Å²) < 4.78 is 6.94. The van der Waals surface area contributed by atoms with Crippen molar-refractivity contribution in [2.24, 2.45) is 0 Å². The van der Waals surface area contributed by atoms with Crippen molar-refractivity contribution < 1.29 is 19.1 Å². The number of rotatable bonds is 12. The lowest BCUT2D eigenvalue weighted by Crippen LogP contribution is -2.25. The van der Waals surface area contributed by atoms with Crippen LogP contribution in [0, 0.1) is 6.92 Å². The second-order valence-corrected chi connectivity index (χ2v) is 8.79. The lowest BCUT2D eigenvalue weighted by atomic mass is 10.1. The predicted molar refractivity (Wildman–Crippen MR) is 139 cm³/mol. The fourth-order valence-corrected chi connectivity index (χ4v) is 4.05. The molecule has 36 heavy (non-hydrogen) atoms. The number of hydrogen-bond acceptors (Lipinski definition) is 7. The van der Waals surface area contributed by atoms with Crippen LogP contribution in [0.3, 0.4) is 0 Å². The summed E-state index contributed by atoms with van der Waals surface area (Å²) in [6.07, 6.45) is 2.43. The van der Waals surface area contributed by atoms with Crippen molar-refractivity contribution in [2.75, 3.05) is 17.7 Å². The first-order chi connectivity index (χ1) is 17.4. The van der Waals surface area contributed by atoms with Crippen LogP contribution in [-0.2, 0) is 22.6 Å². The second kappa shape index (κ2) is 13.2. The monoisotopic (exact) mass is 507 g/mol. The topological polar surface area (TPSA) is 115 Å². The molecule has 9 nitrogen and oxygen atoms in total. The summed E-state index contributed by atoms with van der Waals surface area (Å²) in [5.74, 6) is -0.257. The predicted octanol–water partition coefficient (Wildman–Crippen LogP) is 4.00. The Morgan fingerprint density at radius 3 is 2.69 bits per heavy atom. The molecule has 1 heterocycles. The summed E-state index contributed by atoms with van der Waals surface area (Å²) in [7, 11) is 0. The Morgan fingerprint density at radius 2 is 1.94 bits per heavy atom. The summed E-state index contributed by atoms with van der Waals surface area (Å²) in [5, 5.41) is 14.6.